The van der Waals surface area contributed by atoms with Gasteiger partial charge in [-0.05, 0) is 40.8 Å². The summed E-state index contributed by atoms with van der Waals surface area (Å²) in [7, 11) is -1.73. The lowest BCUT2D eigenvalue weighted by atomic mass is 9.99. The van der Waals surface area contributed by atoms with Gasteiger partial charge in [-0.1, -0.05) is 11.6 Å². The van der Waals surface area contributed by atoms with Gasteiger partial charge in [0.2, 0.25) is 0 Å². The molecule has 0 spiro atoms. The van der Waals surface area contributed by atoms with Crippen LogP contribution >= 0.6 is 38.9 Å². The van der Waals surface area contributed by atoms with Crippen molar-refractivity contribution >= 4 is 48.9 Å². The Balaban J connectivity index is 2.09. The summed E-state index contributed by atoms with van der Waals surface area (Å²) in [6.45, 7) is 1.79. The number of hydrogen-bond acceptors (Lipinski definition) is 4. The molecule has 1 fully saturated rings. The zero-order valence-electron chi connectivity index (χ0n) is 10.4. The van der Waals surface area contributed by atoms with Gasteiger partial charge in [0.05, 0.1) is 8.81 Å². The van der Waals surface area contributed by atoms with Crippen LogP contribution in [-0.4, -0.2) is 39.5 Å². The Morgan fingerprint density at radius 3 is 2.63 bits per heavy atom. The van der Waals surface area contributed by atoms with Crippen LogP contribution < -0.4 is 0 Å². The van der Waals surface area contributed by atoms with Gasteiger partial charge in [0.25, 0.3) is 10.0 Å². The Bertz CT molecular complexity index is 519. The maximum Gasteiger partial charge on any atom is 0.252 e. The molecule has 2 rings (SSSR count). The highest BCUT2D eigenvalue weighted by atomic mass is 79.9. The predicted molar refractivity (Wildman–Crippen MR) is 80.4 cm³/mol. The van der Waals surface area contributed by atoms with Crippen LogP contribution in [0.4, 0.5) is 0 Å². The third kappa shape index (κ3) is 3.51. The van der Waals surface area contributed by atoms with Crippen LogP contribution in [0.3, 0.4) is 0 Å². The molecule has 1 aromatic rings. The van der Waals surface area contributed by atoms with Gasteiger partial charge in [-0.2, -0.15) is 4.31 Å². The number of rotatable bonds is 4. The van der Waals surface area contributed by atoms with E-state index in [-0.39, 0.29) is 0 Å². The van der Waals surface area contributed by atoms with Crippen molar-refractivity contribution in [2.75, 3.05) is 26.8 Å². The fraction of sp³-hybridized carbons (Fsp3) is 0.636. The van der Waals surface area contributed by atoms with E-state index in [1.165, 1.54) is 10.4 Å². The minimum absolute atomic E-state index is 0.301. The topological polar surface area (TPSA) is 46.6 Å². The van der Waals surface area contributed by atoms with Crippen molar-refractivity contribution in [3.05, 3.63) is 14.9 Å². The molecule has 1 saturated heterocycles. The van der Waals surface area contributed by atoms with E-state index in [0.717, 1.165) is 24.2 Å². The Morgan fingerprint density at radius 2 is 2.16 bits per heavy atom. The summed E-state index contributed by atoms with van der Waals surface area (Å²) in [6, 6.07) is 1.51. The Kier molecular flexibility index (Phi) is 5.30. The third-order valence-corrected chi connectivity index (χ3v) is 8.02. The van der Waals surface area contributed by atoms with E-state index in [1.54, 1.807) is 7.11 Å². The van der Waals surface area contributed by atoms with Gasteiger partial charge < -0.3 is 4.74 Å². The van der Waals surface area contributed by atoms with Crippen molar-refractivity contribution in [2.45, 2.75) is 17.1 Å². The number of thiophene rings is 1. The summed E-state index contributed by atoms with van der Waals surface area (Å²) in [5.41, 5.74) is 0. The lowest BCUT2D eigenvalue weighted by Crippen LogP contribution is -2.39. The van der Waals surface area contributed by atoms with Crippen LogP contribution in [0, 0.1) is 5.92 Å². The first kappa shape index (κ1) is 15.7. The van der Waals surface area contributed by atoms with Gasteiger partial charge in [0, 0.05) is 26.8 Å². The molecule has 2 heterocycles. The van der Waals surface area contributed by atoms with E-state index in [2.05, 4.69) is 15.9 Å². The van der Waals surface area contributed by atoms with Gasteiger partial charge in [-0.15, -0.1) is 11.3 Å². The number of piperidine rings is 1. The van der Waals surface area contributed by atoms with Crippen LogP contribution in [0.15, 0.2) is 14.1 Å². The number of hydrogen-bond donors (Lipinski definition) is 0. The molecule has 0 saturated carbocycles. The second kappa shape index (κ2) is 6.41. The fourth-order valence-electron chi connectivity index (χ4n) is 2.13. The largest absolute Gasteiger partial charge is 0.384 e. The van der Waals surface area contributed by atoms with E-state index in [4.69, 9.17) is 16.3 Å². The number of methoxy groups -OCH3 is 1. The van der Waals surface area contributed by atoms with Gasteiger partial charge in [0.15, 0.2) is 0 Å². The summed E-state index contributed by atoms with van der Waals surface area (Å²) < 4.78 is 32.5. The molecule has 1 aliphatic heterocycles. The van der Waals surface area contributed by atoms with Gasteiger partial charge in [-0.25, -0.2) is 8.42 Å². The van der Waals surface area contributed by atoms with E-state index in [1.807, 2.05) is 0 Å². The quantitative estimate of drug-likeness (QED) is 0.795. The van der Waals surface area contributed by atoms with E-state index in [9.17, 15) is 8.42 Å². The van der Waals surface area contributed by atoms with Crippen LogP contribution in [0.1, 0.15) is 12.8 Å². The standard InChI is InChI=1S/C11H15BrClNO3S2/c1-17-7-8-2-4-14(5-3-8)19(15,16)10-6-9(13)11(12)18-10/h6,8H,2-5,7H2,1H3. The summed E-state index contributed by atoms with van der Waals surface area (Å²) in [6.07, 6.45) is 1.68. The molecule has 0 aliphatic carbocycles. The smallest absolute Gasteiger partial charge is 0.252 e. The highest BCUT2D eigenvalue weighted by molar-refractivity contribution is 9.11. The highest BCUT2D eigenvalue weighted by Gasteiger charge is 2.31. The van der Waals surface area contributed by atoms with Crippen LogP contribution in [0.25, 0.3) is 0 Å². The molecule has 0 radical (unpaired) electrons. The van der Waals surface area contributed by atoms with E-state index < -0.39 is 10.0 Å². The minimum atomic E-state index is -3.41. The van der Waals surface area contributed by atoms with Crippen LogP contribution in [0.2, 0.25) is 5.02 Å². The van der Waals surface area contributed by atoms with Gasteiger partial charge in [-0.3, -0.25) is 0 Å². The van der Waals surface area contributed by atoms with Crippen molar-refractivity contribution in [2.24, 2.45) is 5.92 Å². The maximum absolute atomic E-state index is 12.4. The summed E-state index contributed by atoms with van der Waals surface area (Å²) in [5.74, 6) is 0.454. The Morgan fingerprint density at radius 1 is 1.53 bits per heavy atom. The number of ether oxygens (including phenoxy) is 1. The normalized spacial score (nSPS) is 18.9. The first-order valence-corrected chi connectivity index (χ1v) is 9.32. The molecule has 1 aromatic heterocycles. The Hall–Kier alpha value is 0.340. The van der Waals surface area contributed by atoms with Crippen molar-refractivity contribution in [1.29, 1.82) is 0 Å². The average Bonchev–Trinajstić information content (AvgIpc) is 2.71. The highest BCUT2D eigenvalue weighted by Crippen LogP contribution is 2.36. The minimum Gasteiger partial charge on any atom is -0.384 e. The number of halogens is 2. The van der Waals surface area contributed by atoms with E-state index >= 15 is 0 Å². The van der Waals surface area contributed by atoms with Crippen molar-refractivity contribution < 1.29 is 13.2 Å². The molecule has 108 valence electrons. The first-order chi connectivity index (χ1) is 8.95. The molecular weight excluding hydrogens is 374 g/mol. The van der Waals surface area contributed by atoms with Crippen LogP contribution in [0.5, 0.6) is 0 Å². The molecule has 8 heteroatoms. The lowest BCUT2D eigenvalue weighted by Gasteiger charge is -2.30. The SMILES string of the molecule is COCC1CCN(S(=O)(=O)c2cc(Cl)c(Br)s2)CC1. The molecule has 0 atom stereocenters. The molecule has 19 heavy (non-hydrogen) atoms. The lowest BCUT2D eigenvalue weighted by molar-refractivity contribution is 0.121. The molecule has 0 aromatic carbocycles. The zero-order valence-corrected chi connectivity index (χ0v) is 14.4. The average molecular weight is 389 g/mol. The predicted octanol–water partition coefficient (Wildman–Crippen LogP) is 3.21. The van der Waals surface area contributed by atoms with Crippen LogP contribution in [-0.2, 0) is 14.8 Å². The van der Waals surface area contributed by atoms with E-state index in [0.29, 0.717) is 38.6 Å². The second-order valence-corrected chi connectivity index (χ2v) is 9.43. The number of sulfonamides is 1. The Labute approximate surface area is 130 Å². The summed E-state index contributed by atoms with van der Waals surface area (Å²) in [4.78, 5) is 0. The fourth-order valence-corrected chi connectivity index (χ4v) is 6.16. The summed E-state index contributed by atoms with van der Waals surface area (Å²) >= 11 is 10.3. The molecule has 0 amide bonds. The maximum atomic E-state index is 12.4. The monoisotopic (exact) mass is 387 g/mol. The van der Waals surface area contributed by atoms with Crippen molar-refractivity contribution in [1.82, 2.24) is 4.31 Å². The second-order valence-electron chi connectivity index (χ2n) is 4.49. The van der Waals surface area contributed by atoms with Gasteiger partial charge in [0.1, 0.15) is 4.21 Å². The molecule has 4 nitrogen and oxygen atoms in total. The van der Waals surface area contributed by atoms with Gasteiger partial charge >= 0.3 is 0 Å². The molecular formula is C11H15BrClNO3S2. The zero-order chi connectivity index (χ0) is 14.0. The number of nitrogens with zero attached hydrogens (tertiary/aromatic N) is 1. The van der Waals surface area contributed by atoms with Crippen molar-refractivity contribution in [3.63, 3.8) is 0 Å². The summed E-state index contributed by atoms with van der Waals surface area (Å²) in [5, 5.41) is 0.442. The molecule has 1 aliphatic rings. The first-order valence-electron chi connectivity index (χ1n) is 5.89. The molecule has 0 N–H and O–H groups in total. The molecule has 0 unspecified atom stereocenters. The third-order valence-electron chi connectivity index (χ3n) is 3.19. The molecule has 0 bridgehead atoms. The van der Waals surface area contributed by atoms with Crippen molar-refractivity contribution in [3.8, 4) is 0 Å².